The van der Waals surface area contributed by atoms with Gasteiger partial charge in [0.25, 0.3) is 0 Å². The normalized spacial score (nSPS) is 20.6. The fraction of sp³-hybridized carbons (Fsp3) is 0.720. The number of fused-ring (bicyclic) bond motifs is 1. The number of hydrogen-bond donors (Lipinski definition) is 3. The van der Waals surface area contributed by atoms with Gasteiger partial charge in [-0.2, -0.15) is 0 Å². The van der Waals surface area contributed by atoms with Crippen molar-refractivity contribution in [1.29, 1.82) is 0 Å². The molecule has 7 heteroatoms. The molecule has 178 valence electrons. The van der Waals surface area contributed by atoms with Gasteiger partial charge in [0, 0.05) is 24.8 Å². The summed E-state index contributed by atoms with van der Waals surface area (Å²) in [6.07, 6.45) is 10.1. The summed E-state index contributed by atoms with van der Waals surface area (Å²) in [5.41, 5.74) is 2.13. The van der Waals surface area contributed by atoms with Crippen LogP contribution in [0.4, 0.5) is 5.82 Å². The van der Waals surface area contributed by atoms with Crippen molar-refractivity contribution in [3.05, 3.63) is 23.4 Å². The van der Waals surface area contributed by atoms with E-state index in [-0.39, 0.29) is 17.4 Å². The Bertz CT molecular complexity index is 780. The third-order valence-corrected chi connectivity index (χ3v) is 6.56. The summed E-state index contributed by atoms with van der Waals surface area (Å²) in [5.74, 6) is -0.217. The summed E-state index contributed by atoms with van der Waals surface area (Å²) >= 11 is 0. The highest BCUT2D eigenvalue weighted by Crippen LogP contribution is 2.28. The predicted octanol–water partition coefficient (Wildman–Crippen LogP) is 4.10. The second-order valence-corrected chi connectivity index (χ2v) is 9.84. The Hall–Kier alpha value is -2.15. The van der Waals surface area contributed by atoms with Crippen LogP contribution < -0.4 is 10.6 Å². The zero-order valence-electron chi connectivity index (χ0n) is 19.6. The third kappa shape index (κ3) is 7.47. The van der Waals surface area contributed by atoms with E-state index in [0.29, 0.717) is 25.9 Å². The molecule has 3 N–H and O–H groups in total. The molecule has 1 saturated heterocycles. The van der Waals surface area contributed by atoms with Gasteiger partial charge >= 0.3 is 5.97 Å². The summed E-state index contributed by atoms with van der Waals surface area (Å²) in [6, 6.07) is 3.54. The zero-order valence-corrected chi connectivity index (χ0v) is 19.6. The van der Waals surface area contributed by atoms with E-state index in [1.54, 1.807) is 0 Å². The van der Waals surface area contributed by atoms with E-state index in [4.69, 9.17) is 9.72 Å². The maximum Gasteiger partial charge on any atom is 0.326 e. The molecule has 0 radical (unpaired) electrons. The van der Waals surface area contributed by atoms with Gasteiger partial charge in [-0.1, -0.05) is 31.7 Å². The van der Waals surface area contributed by atoms with Crippen LogP contribution in [0.2, 0.25) is 0 Å². The fourth-order valence-electron chi connectivity index (χ4n) is 4.70. The number of carboxylic acids is 1. The minimum Gasteiger partial charge on any atom is -0.480 e. The van der Waals surface area contributed by atoms with Crippen LogP contribution in [0.15, 0.2) is 12.1 Å². The van der Waals surface area contributed by atoms with Gasteiger partial charge in [-0.3, -0.25) is 4.79 Å². The van der Waals surface area contributed by atoms with Gasteiger partial charge in [0.05, 0.1) is 5.60 Å². The molecule has 0 bridgehead atoms. The van der Waals surface area contributed by atoms with Gasteiger partial charge in [0.15, 0.2) is 0 Å². The molecule has 1 aromatic heterocycles. The number of hydrogen-bond acceptors (Lipinski definition) is 5. The number of anilines is 1. The molecule has 1 amide bonds. The Kier molecular flexibility index (Phi) is 8.91. The van der Waals surface area contributed by atoms with Gasteiger partial charge < -0.3 is 20.5 Å². The molecule has 0 saturated carbocycles. The van der Waals surface area contributed by atoms with Crippen LogP contribution in [-0.2, 0) is 27.2 Å². The van der Waals surface area contributed by atoms with Crippen LogP contribution in [0.1, 0.15) is 82.9 Å². The number of amides is 1. The van der Waals surface area contributed by atoms with Crippen LogP contribution >= 0.6 is 0 Å². The highest BCUT2D eigenvalue weighted by molar-refractivity contribution is 5.85. The van der Waals surface area contributed by atoms with Crippen LogP contribution in [0.25, 0.3) is 0 Å². The molecular weight excluding hydrogens is 406 g/mol. The molecule has 1 aromatic rings. The number of aliphatic carboxylic acids is 1. The highest BCUT2D eigenvalue weighted by Gasteiger charge is 2.34. The molecule has 2 aliphatic rings. The molecule has 2 aliphatic heterocycles. The summed E-state index contributed by atoms with van der Waals surface area (Å²) < 4.78 is 5.66. The van der Waals surface area contributed by atoms with Crippen molar-refractivity contribution in [3.63, 3.8) is 0 Å². The Balaban J connectivity index is 1.31. The lowest BCUT2D eigenvalue weighted by Crippen LogP contribution is -2.47. The Labute approximate surface area is 191 Å². The molecule has 0 aromatic carbocycles. The molecule has 0 spiro atoms. The van der Waals surface area contributed by atoms with Crippen molar-refractivity contribution in [2.75, 3.05) is 18.5 Å². The molecule has 7 nitrogen and oxygen atoms in total. The van der Waals surface area contributed by atoms with Crippen molar-refractivity contribution in [2.24, 2.45) is 5.92 Å². The summed E-state index contributed by atoms with van der Waals surface area (Å²) in [6.45, 7) is 5.49. The van der Waals surface area contributed by atoms with E-state index in [9.17, 15) is 14.7 Å². The van der Waals surface area contributed by atoms with E-state index in [1.165, 1.54) is 12.0 Å². The van der Waals surface area contributed by atoms with Gasteiger partial charge in [-0.05, 0) is 70.4 Å². The first-order valence-electron chi connectivity index (χ1n) is 12.2. The molecule has 1 fully saturated rings. The van der Waals surface area contributed by atoms with Gasteiger partial charge in [0.2, 0.25) is 5.91 Å². The van der Waals surface area contributed by atoms with Crippen molar-refractivity contribution in [3.8, 4) is 0 Å². The number of pyridine rings is 1. The average molecular weight is 446 g/mol. The minimum atomic E-state index is -0.947. The lowest BCUT2D eigenvalue weighted by molar-refractivity contribution is -0.145. The van der Waals surface area contributed by atoms with Crippen LogP contribution in [0.5, 0.6) is 0 Å². The van der Waals surface area contributed by atoms with E-state index in [1.807, 2.05) is 13.8 Å². The largest absolute Gasteiger partial charge is 0.480 e. The zero-order chi connectivity index (χ0) is 23.0. The van der Waals surface area contributed by atoms with Crippen LogP contribution in [0, 0.1) is 5.92 Å². The second kappa shape index (κ2) is 11.6. The first kappa shape index (κ1) is 24.5. The smallest absolute Gasteiger partial charge is 0.326 e. The fourth-order valence-corrected chi connectivity index (χ4v) is 4.70. The lowest BCUT2D eigenvalue weighted by atomic mass is 9.87. The monoisotopic (exact) mass is 445 g/mol. The molecule has 2 atom stereocenters. The first-order chi connectivity index (χ1) is 15.3. The second-order valence-electron chi connectivity index (χ2n) is 9.84. The number of carbonyl (C=O) groups is 2. The molecule has 3 heterocycles. The van der Waals surface area contributed by atoms with Gasteiger partial charge in [-0.25, -0.2) is 9.78 Å². The number of carbonyl (C=O) groups excluding carboxylic acids is 1. The lowest BCUT2D eigenvalue weighted by Gasteiger charge is -2.35. The number of aromatic nitrogens is 1. The van der Waals surface area contributed by atoms with Crippen LogP contribution in [-0.4, -0.2) is 46.8 Å². The van der Waals surface area contributed by atoms with Crippen LogP contribution in [0.3, 0.4) is 0 Å². The SMILES string of the molecule is CC1(C)C[C@@H](C(=O)N[C@@H](CCCCCCCc2ccc3c(n2)NCCC3)C(=O)O)CCO1. The minimum absolute atomic E-state index is 0.152. The van der Waals surface area contributed by atoms with Crippen molar-refractivity contribution in [1.82, 2.24) is 10.3 Å². The van der Waals surface area contributed by atoms with E-state index in [2.05, 4.69) is 22.8 Å². The molecular formula is C25H39N3O4. The number of aryl methyl sites for hydroxylation is 2. The van der Waals surface area contributed by atoms with Crippen molar-refractivity contribution in [2.45, 2.75) is 96.1 Å². The van der Waals surface area contributed by atoms with Crippen molar-refractivity contribution >= 4 is 17.7 Å². The Morgan fingerprint density at radius 2 is 2.03 bits per heavy atom. The van der Waals surface area contributed by atoms with Crippen molar-refractivity contribution < 1.29 is 19.4 Å². The number of carboxylic acid groups (broad SMARTS) is 1. The first-order valence-corrected chi connectivity index (χ1v) is 12.2. The summed E-state index contributed by atoms with van der Waals surface area (Å²) in [5, 5.41) is 15.7. The number of rotatable bonds is 11. The number of nitrogens with zero attached hydrogens (tertiary/aromatic N) is 1. The maximum atomic E-state index is 12.6. The summed E-state index contributed by atoms with van der Waals surface area (Å²) in [7, 11) is 0. The molecule has 0 unspecified atom stereocenters. The summed E-state index contributed by atoms with van der Waals surface area (Å²) in [4.78, 5) is 28.9. The van der Waals surface area contributed by atoms with Gasteiger partial charge in [-0.15, -0.1) is 0 Å². The highest BCUT2D eigenvalue weighted by atomic mass is 16.5. The Morgan fingerprint density at radius 1 is 1.25 bits per heavy atom. The number of ether oxygens (including phenoxy) is 1. The predicted molar refractivity (Wildman–Crippen MR) is 125 cm³/mol. The van der Waals surface area contributed by atoms with Gasteiger partial charge in [0.1, 0.15) is 11.9 Å². The van der Waals surface area contributed by atoms with E-state index < -0.39 is 12.0 Å². The third-order valence-electron chi connectivity index (χ3n) is 6.56. The average Bonchev–Trinajstić information content (AvgIpc) is 2.76. The Morgan fingerprint density at radius 3 is 2.81 bits per heavy atom. The molecule has 0 aliphatic carbocycles. The number of nitrogens with one attached hydrogen (secondary N) is 2. The quantitative estimate of drug-likeness (QED) is 0.444. The number of unbranched alkanes of at least 4 members (excludes halogenated alkanes) is 4. The molecule has 32 heavy (non-hydrogen) atoms. The van der Waals surface area contributed by atoms with E-state index >= 15 is 0 Å². The standard InChI is InChI=1S/C25H39N3O4/c1-25(2)17-19(14-16-32-25)23(29)28-21(24(30)31)11-7-5-3-4-6-10-20-13-12-18-9-8-15-26-22(18)27-20/h12-13,19,21H,3-11,14-17H2,1-2H3,(H,26,27)(H,28,29)(H,30,31)/t19-,21-/m0/s1. The maximum absolute atomic E-state index is 12.6. The van der Waals surface area contributed by atoms with E-state index in [0.717, 1.165) is 63.0 Å². The molecule has 3 rings (SSSR count). The topological polar surface area (TPSA) is 101 Å².